The minimum Gasteiger partial charge on any atom is -0.464 e. The Morgan fingerprint density at radius 2 is 1.90 bits per heavy atom. The molecule has 0 aliphatic carbocycles. The molecule has 1 fully saturated rings. The number of anilines is 1. The Morgan fingerprint density at radius 1 is 1.21 bits per heavy atom. The van der Waals surface area contributed by atoms with Crippen LogP contribution in [0.15, 0.2) is 17.3 Å². The Labute approximate surface area is 168 Å². The summed E-state index contributed by atoms with van der Waals surface area (Å²) in [5.41, 5.74) is 0.884. The molecule has 12 heteroatoms. The van der Waals surface area contributed by atoms with Gasteiger partial charge in [0.25, 0.3) is 0 Å². The maximum absolute atomic E-state index is 13.0. The normalized spacial score (nSPS) is 17.9. The van der Waals surface area contributed by atoms with Crippen LogP contribution in [0, 0.1) is 12.8 Å². The molecule has 0 saturated carbocycles. The van der Waals surface area contributed by atoms with Gasteiger partial charge in [0.2, 0.25) is 15.9 Å². The highest BCUT2D eigenvalue weighted by Crippen LogP contribution is 2.26. The average molecular weight is 424 g/mol. The fourth-order valence-electron chi connectivity index (χ4n) is 3.35. The van der Waals surface area contributed by atoms with E-state index in [4.69, 9.17) is 4.74 Å². The molecule has 0 spiro atoms. The molecule has 1 unspecified atom stereocenters. The highest BCUT2D eigenvalue weighted by atomic mass is 32.2. The van der Waals surface area contributed by atoms with Crippen molar-refractivity contribution in [3.8, 4) is 0 Å². The van der Waals surface area contributed by atoms with Gasteiger partial charge in [-0.15, -0.1) is 0 Å². The van der Waals surface area contributed by atoms with E-state index >= 15 is 0 Å². The van der Waals surface area contributed by atoms with Crippen LogP contribution in [0.3, 0.4) is 0 Å². The van der Waals surface area contributed by atoms with Crippen LogP contribution in [0.2, 0.25) is 0 Å². The Kier molecular flexibility index (Phi) is 5.75. The molecule has 29 heavy (non-hydrogen) atoms. The Hall–Kier alpha value is -2.73. The number of ether oxygens (including phenoxy) is 1. The standard InChI is InChI=1S/C17H24N6O5S/c1-11-14(9-19-21(11)2)29(26,27)23-7-5-6-12(10-23)16(24)20-13-8-18-22(3)15(13)17(25)28-4/h8-9,12H,5-7,10H2,1-4H3,(H,20,24). The summed E-state index contributed by atoms with van der Waals surface area (Å²) in [6, 6.07) is 0. The molecule has 2 aromatic heterocycles. The molecule has 0 aromatic carbocycles. The van der Waals surface area contributed by atoms with Gasteiger partial charge in [0, 0.05) is 27.2 Å². The third-order valence-corrected chi connectivity index (χ3v) is 7.11. The van der Waals surface area contributed by atoms with Gasteiger partial charge < -0.3 is 10.1 Å². The van der Waals surface area contributed by atoms with Crippen LogP contribution >= 0.6 is 0 Å². The first-order valence-electron chi connectivity index (χ1n) is 9.06. The van der Waals surface area contributed by atoms with Crippen molar-refractivity contribution in [3.05, 3.63) is 23.8 Å². The number of hydrogen-bond donors (Lipinski definition) is 1. The van der Waals surface area contributed by atoms with Gasteiger partial charge in [-0.3, -0.25) is 14.2 Å². The van der Waals surface area contributed by atoms with Gasteiger partial charge in [-0.1, -0.05) is 0 Å². The predicted molar refractivity (Wildman–Crippen MR) is 103 cm³/mol. The van der Waals surface area contributed by atoms with Gasteiger partial charge in [0.15, 0.2) is 5.69 Å². The number of rotatable bonds is 5. The van der Waals surface area contributed by atoms with Gasteiger partial charge >= 0.3 is 5.97 Å². The van der Waals surface area contributed by atoms with Crippen molar-refractivity contribution in [3.63, 3.8) is 0 Å². The number of carbonyl (C=O) groups excluding carboxylic acids is 2. The summed E-state index contributed by atoms with van der Waals surface area (Å²) in [5, 5.41) is 10.7. The van der Waals surface area contributed by atoms with Crippen molar-refractivity contribution in [2.24, 2.45) is 20.0 Å². The van der Waals surface area contributed by atoms with E-state index in [0.717, 1.165) is 0 Å². The summed E-state index contributed by atoms with van der Waals surface area (Å²) in [5.74, 6) is -1.55. The number of nitrogens with one attached hydrogen (secondary N) is 1. The third kappa shape index (κ3) is 3.90. The molecule has 158 valence electrons. The van der Waals surface area contributed by atoms with E-state index in [1.54, 1.807) is 21.0 Å². The Balaban J connectivity index is 1.77. The van der Waals surface area contributed by atoms with Crippen LogP contribution in [0.5, 0.6) is 0 Å². The molecule has 2 aromatic rings. The lowest BCUT2D eigenvalue weighted by molar-refractivity contribution is -0.120. The third-order valence-electron chi connectivity index (χ3n) is 5.14. The lowest BCUT2D eigenvalue weighted by atomic mass is 9.99. The maximum Gasteiger partial charge on any atom is 0.358 e. The van der Waals surface area contributed by atoms with Crippen molar-refractivity contribution in [1.82, 2.24) is 23.9 Å². The summed E-state index contributed by atoms with van der Waals surface area (Å²) in [4.78, 5) is 24.8. The fraction of sp³-hybridized carbons (Fsp3) is 0.529. The van der Waals surface area contributed by atoms with Gasteiger partial charge in [-0.2, -0.15) is 14.5 Å². The second kappa shape index (κ2) is 7.95. The van der Waals surface area contributed by atoms with E-state index in [9.17, 15) is 18.0 Å². The minimum absolute atomic E-state index is 0.0519. The largest absolute Gasteiger partial charge is 0.464 e. The van der Waals surface area contributed by atoms with Crippen molar-refractivity contribution in [1.29, 1.82) is 0 Å². The Bertz CT molecular complexity index is 1040. The lowest BCUT2D eigenvalue weighted by Gasteiger charge is -2.31. The van der Waals surface area contributed by atoms with Gasteiger partial charge in [-0.25, -0.2) is 13.2 Å². The van der Waals surface area contributed by atoms with Gasteiger partial charge in [-0.05, 0) is 19.8 Å². The smallest absolute Gasteiger partial charge is 0.358 e. The number of aryl methyl sites for hydroxylation is 2. The second-order valence-corrected chi connectivity index (χ2v) is 8.84. The summed E-state index contributed by atoms with van der Waals surface area (Å²) in [6.07, 6.45) is 3.78. The molecule has 11 nitrogen and oxygen atoms in total. The zero-order valence-electron chi connectivity index (χ0n) is 16.7. The fourth-order valence-corrected chi connectivity index (χ4v) is 5.06. The first-order valence-corrected chi connectivity index (χ1v) is 10.5. The number of nitrogens with zero attached hydrogens (tertiary/aromatic N) is 5. The summed E-state index contributed by atoms with van der Waals surface area (Å²) in [6.45, 7) is 2.07. The van der Waals surface area contributed by atoms with Gasteiger partial charge in [0.05, 0.1) is 36.8 Å². The molecule has 0 radical (unpaired) electrons. The molecule has 1 saturated heterocycles. The summed E-state index contributed by atoms with van der Waals surface area (Å²) < 4.78 is 34.8. The van der Waals surface area contributed by atoms with Crippen LogP contribution in [0.1, 0.15) is 29.0 Å². The second-order valence-electron chi connectivity index (χ2n) is 6.93. The maximum atomic E-state index is 13.0. The van der Waals surface area contributed by atoms with Crippen LogP contribution in [0.25, 0.3) is 0 Å². The van der Waals surface area contributed by atoms with E-state index in [1.165, 1.54) is 33.2 Å². The number of amides is 1. The van der Waals surface area contributed by atoms with Crippen LogP contribution < -0.4 is 5.32 Å². The molecule has 3 heterocycles. The highest BCUT2D eigenvalue weighted by molar-refractivity contribution is 7.89. The first-order chi connectivity index (χ1) is 13.7. The topological polar surface area (TPSA) is 128 Å². The molecule has 0 bridgehead atoms. The number of carbonyl (C=O) groups is 2. The van der Waals surface area contributed by atoms with E-state index in [-0.39, 0.29) is 28.7 Å². The van der Waals surface area contributed by atoms with Crippen LogP contribution in [-0.4, -0.2) is 64.4 Å². The number of piperidine rings is 1. The van der Waals surface area contributed by atoms with E-state index in [2.05, 4.69) is 15.5 Å². The lowest BCUT2D eigenvalue weighted by Crippen LogP contribution is -2.43. The quantitative estimate of drug-likeness (QED) is 0.683. The van der Waals surface area contributed by atoms with E-state index in [1.807, 2.05) is 0 Å². The van der Waals surface area contributed by atoms with Crippen molar-refractivity contribution >= 4 is 27.6 Å². The number of methoxy groups -OCH3 is 1. The van der Waals surface area contributed by atoms with Crippen molar-refractivity contribution in [2.75, 3.05) is 25.5 Å². The highest BCUT2D eigenvalue weighted by Gasteiger charge is 2.35. The number of aromatic nitrogens is 4. The molecule has 1 aliphatic rings. The molecular weight excluding hydrogens is 400 g/mol. The molecule has 1 amide bonds. The van der Waals surface area contributed by atoms with Crippen molar-refractivity contribution < 1.29 is 22.7 Å². The number of esters is 1. The van der Waals surface area contributed by atoms with Crippen LogP contribution in [0.4, 0.5) is 5.69 Å². The van der Waals surface area contributed by atoms with Crippen LogP contribution in [-0.2, 0) is 33.7 Å². The number of hydrogen-bond acceptors (Lipinski definition) is 7. The SMILES string of the molecule is COC(=O)c1c(NC(=O)C2CCCN(S(=O)(=O)c3cnn(C)c3C)C2)cnn1C. The molecule has 1 N–H and O–H groups in total. The van der Waals surface area contributed by atoms with Crippen molar-refractivity contribution in [2.45, 2.75) is 24.7 Å². The average Bonchev–Trinajstić information content (AvgIpc) is 3.23. The first kappa shape index (κ1) is 21.0. The monoisotopic (exact) mass is 424 g/mol. The number of sulfonamides is 1. The molecule has 1 aliphatic heterocycles. The van der Waals surface area contributed by atoms with Gasteiger partial charge in [0.1, 0.15) is 4.90 Å². The molecule has 3 rings (SSSR count). The molecule has 1 atom stereocenters. The van der Waals surface area contributed by atoms with E-state index < -0.39 is 21.9 Å². The Morgan fingerprint density at radius 3 is 2.52 bits per heavy atom. The molecular formula is C17H24N6O5S. The minimum atomic E-state index is -3.75. The van der Waals surface area contributed by atoms with E-state index in [0.29, 0.717) is 25.1 Å². The summed E-state index contributed by atoms with van der Waals surface area (Å²) in [7, 11) is 0.725. The zero-order chi connectivity index (χ0) is 21.3. The zero-order valence-corrected chi connectivity index (χ0v) is 17.6. The summed E-state index contributed by atoms with van der Waals surface area (Å²) >= 11 is 0. The predicted octanol–water partition coefficient (Wildman–Crippen LogP) is 0.288.